The zero-order chi connectivity index (χ0) is 11.2. The van der Waals surface area contributed by atoms with E-state index in [0.717, 1.165) is 49.2 Å². The minimum absolute atomic E-state index is 0.591. The molecule has 1 saturated carbocycles. The average molecular weight is 218 g/mol. The van der Waals surface area contributed by atoms with E-state index in [1.165, 1.54) is 0 Å². The van der Waals surface area contributed by atoms with Gasteiger partial charge in [-0.05, 0) is 42.9 Å². The normalized spacial score (nSPS) is 20.8. The van der Waals surface area contributed by atoms with Crippen molar-refractivity contribution in [3.05, 3.63) is 29.3 Å². The molecule has 0 atom stereocenters. The van der Waals surface area contributed by atoms with Gasteiger partial charge in [-0.25, -0.2) is 0 Å². The summed E-state index contributed by atoms with van der Waals surface area (Å²) in [6.45, 7) is 0.774. The first kappa shape index (κ1) is 9.70. The maximum atomic E-state index is 11.2. The Morgan fingerprint density at radius 1 is 1.38 bits per heavy atom. The van der Waals surface area contributed by atoms with Gasteiger partial charge in [0.05, 0.1) is 12.0 Å². The third-order valence-electron chi connectivity index (χ3n) is 3.62. The van der Waals surface area contributed by atoms with Crippen molar-refractivity contribution >= 4 is 5.97 Å². The van der Waals surface area contributed by atoms with E-state index in [0.29, 0.717) is 0 Å². The summed E-state index contributed by atoms with van der Waals surface area (Å²) >= 11 is 0. The van der Waals surface area contributed by atoms with Crippen molar-refractivity contribution in [1.29, 1.82) is 0 Å². The summed E-state index contributed by atoms with van der Waals surface area (Å²) in [4.78, 5) is 11.2. The molecule has 1 fully saturated rings. The number of hydrogen-bond donors (Lipinski definition) is 1. The van der Waals surface area contributed by atoms with E-state index in [1.54, 1.807) is 0 Å². The van der Waals surface area contributed by atoms with Crippen LogP contribution in [0.1, 0.15) is 30.4 Å². The lowest BCUT2D eigenvalue weighted by atomic mass is 9.92. The molecule has 0 saturated heterocycles. The zero-order valence-corrected chi connectivity index (χ0v) is 9.03. The maximum Gasteiger partial charge on any atom is 0.314 e. The highest BCUT2D eigenvalue weighted by Gasteiger charge is 2.51. The molecule has 0 bridgehead atoms. The molecule has 16 heavy (non-hydrogen) atoms. The third-order valence-corrected chi connectivity index (χ3v) is 3.62. The number of benzene rings is 1. The van der Waals surface area contributed by atoms with Crippen LogP contribution >= 0.6 is 0 Å². The molecule has 0 aromatic heterocycles. The van der Waals surface area contributed by atoms with Crippen LogP contribution in [0.15, 0.2) is 18.2 Å². The van der Waals surface area contributed by atoms with E-state index in [9.17, 15) is 9.90 Å². The highest BCUT2D eigenvalue weighted by molar-refractivity contribution is 5.85. The lowest BCUT2D eigenvalue weighted by molar-refractivity contribution is -0.140. The number of carbonyl (C=O) groups is 1. The van der Waals surface area contributed by atoms with Crippen LogP contribution in [0.2, 0.25) is 0 Å². The van der Waals surface area contributed by atoms with E-state index in [4.69, 9.17) is 4.74 Å². The Hall–Kier alpha value is -1.51. The van der Waals surface area contributed by atoms with Gasteiger partial charge < -0.3 is 9.84 Å². The molecule has 3 rings (SSSR count). The van der Waals surface area contributed by atoms with Gasteiger partial charge in [0.15, 0.2) is 0 Å². The fourth-order valence-electron chi connectivity index (χ4n) is 2.41. The van der Waals surface area contributed by atoms with Gasteiger partial charge >= 0.3 is 5.97 Å². The number of aliphatic carboxylic acids is 1. The number of carboxylic acid groups (broad SMARTS) is 1. The summed E-state index contributed by atoms with van der Waals surface area (Å²) in [6, 6.07) is 5.85. The Kier molecular flexibility index (Phi) is 1.96. The largest absolute Gasteiger partial charge is 0.493 e. The minimum atomic E-state index is -0.691. The van der Waals surface area contributed by atoms with Crippen LogP contribution in [0.25, 0.3) is 0 Å². The maximum absolute atomic E-state index is 11.2. The van der Waals surface area contributed by atoms with Crippen molar-refractivity contribution in [3.63, 3.8) is 0 Å². The van der Waals surface area contributed by atoms with Gasteiger partial charge in [0, 0.05) is 0 Å². The monoisotopic (exact) mass is 218 g/mol. The van der Waals surface area contributed by atoms with Gasteiger partial charge in [0.1, 0.15) is 5.75 Å². The van der Waals surface area contributed by atoms with Crippen LogP contribution in [0.4, 0.5) is 0 Å². The van der Waals surface area contributed by atoms with Gasteiger partial charge in [-0.3, -0.25) is 4.79 Å². The van der Waals surface area contributed by atoms with Gasteiger partial charge in [0.25, 0.3) is 0 Å². The molecule has 2 aliphatic rings. The Labute approximate surface area is 94.0 Å². The summed E-state index contributed by atoms with van der Waals surface area (Å²) in [5.41, 5.74) is 1.52. The lowest BCUT2D eigenvalue weighted by Crippen LogP contribution is -2.20. The van der Waals surface area contributed by atoms with E-state index in [2.05, 4.69) is 0 Å². The smallest absolute Gasteiger partial charge is 0.314 e. The number of ether oxygens (including phenoxy) is 1. The molecule has 0 spiro atoms. The second-order valence-electron chi connectivity index (χ2n) is 4.66. The van der Waals surface area contributed by atoms with Crippen LogP contribution in [0.5, 0.6) is 5.75 Å². The molecule has 3 nitrogen and oxygen atoms in total. The van der Waals surface area contributed by atoms with E-state index in [1.807, 2.05) is 18.2 Å². The van der Waals surface area contributed by atoms with Crippen molar-refractivity contribution in [2.24, 2.45) is 0 Å². The molecule has 0 unspecified atom stereocenters. The van der Waals surface area contributed by atoms with Crippen LogP contribution in [-0.4, -0.2) is 17.7 Å². The Bertz CT molecular complexity index is 446. The van der Waals surface area contributed by atoms with Crippen molar-refractivity contribution in [2.75, 3.05) is 6.61 Å². The highest BCUT2D eigenvalue weighted by Crippen LogP contribution is 2.49. The molecule has 1 aliphatic heterocycles. The van der Waals surface area contributed by atoms with E-state index >= 15 is 0 Å². The molecule has 0 radical (unpaired) electrons. The molecule has 3 heteroatoms. The zero-order valence-electron chi connectivity index (χ0n) is 9.03. The van der Waals surface area contributed by atoms with E-state index in [-0.39, 0.29) is 0 Å². The molecular formula is C13H14O3. The second-order valence-corrected chi connectivity index (χ2v) is 4.66. The SMILES string of the molecule is O=C(O)C1(c2ccc3c(c2)CCCO3)CC1. The fraction of sp³-hybridized carbons (Fsp3) is 0.462. The summed E-state index contributed by atoms with van der Waals surface area (Å²) < 4.78 is 5.52. The van der Waals surface area contributed by atoms with Crippen molar-refractivity contribution in [1.82, 2.24) is 0 Å². The predicted octanol–water partition coefficient (Wildman–Crippen LogP) is 2.13. The van der Waals surface area contributed by atoms with Gasteiger partial charge in [-0.15, -0.1) is 0 Å². The van der Waals surface area contributed by atoms with Gasteiger partial charge in [-0.2, -0.15) is 0 Å². The molecule has 1 heterocycles. The van der Waals surface area contributed by atoms with Crippen LogP contribution < -0.4 is 4.74 Å². The highest BCUT2D eigenvalue weighted by atomic mass is 16.5. The number of aryl methyl sites for hydroxylation is 1. The first-order valence-electron chi connectivity index (χ1n) is 5.72. The third kappa shape index (κ3) is 1.31. The molecule has 0 amide bonds. The molecule has 84 valence electrons. The average Bonchev–Trinajstić information content (AvgIpc) is 3.09. The topological polar surface area (TPSA) is 46.5 Å². The van der Waals surface area contributed by atoms with Crippen LogP contribution in [0.3, 0.4) is 0 Å². The van der Waals surface area contributed by atoms with Crippen molar-refractivity contribution in [2.45, 2.75) is 31.1 Å². The number of rotatable bonds is 2. The first-order valence-corrected chi connectivity index (χ1v) is 5.72. The minimum Gasteiger partial charge on any atom is -0.493 e. The Morgan fingerprint density at radius 3 is 2.88 bits per heavy atom. The molecule has 1 N–H and O–H groups in total. The standard InChI is InChI=1S/C13H14O3/c14-12(15)13(5-6-13)10-3-4-11-9(8-10)2-1-7-16-11/h3-4,8H,1-2,5-7H2,(H,14,15). The van der Waals surface area contributed by atoms with Crippen LogP contribution in [0, 0.1) is 0 Å². The van der Waals surface area contributed by atoms with Crippen molar-refractivity contribution < 1.29 is 14.6 Å². The molecule has 1 aromatic carbocycles. The number of carboxylic acids is 1. The predicted molar refractivity (Wildman–Crippen MR) is 58.8 cm³/mol. The lowest BCUT2D eigenvalue weighted by Gasteiger charge is -2.19. The quantitative estimate of drug-likeness (QED) is 0.827. The Balaban J connectivity index is 2.00. The summed E-state index contributed by atoms with van der Waals surface area (Å²) in [5.74, 6) is 0.236. The second kappa shape index (κ2) is 3.24. The molecule has 1 aromatic rings. The van der Waals surface area contributed by atoms with Crippen molar-refractivity contribution in [3.8, 4) is 5.75 Å². The van der Waals surface area contributed by atoms with Crippen LogP contribution in [-0.2, 0) is 16.6 Å². The number of hydrogen-bond acceptors (Lipinski definition) is 2. The summed E-state index contributed by atoms with van der Waals surface area (Å²) in [7, 11) is 0. The summed E-state index contributed by atoms with van der Waals surface area (Å²) in [6.07, 6.45) is 3.55. The van der Waals surface area contributed by atoms with E-state index < -0.39 is 11.4 Å². The van der Waals surface area contributed by atoms with Gasteiger partial charge in [-0.1, -0.05) is 12.1 Å². The van der Waals surface area contributed by atoms with Gasteiger partial charge in [0.2, 0.25) is 0 Å². The fourth-order valence-corrected chi connectivity index (χ4v) is 2.41. The Morgan fingerprint density at radius 2 is 2.19 bits per heavy atom. The first-order chi connectivity index (χ1) is 7.72. The molecule has 1 aliphatic carbocycles. The summed E-state index contributed by atoms with van der Waals surface area (Å²) in [5, 5.41) is 9.23. The molecular weight excluding hydrogens is 204 g/mol. The number of fused-ring (bicyclic) bond motifs is 1.